The molecule has 0 spiro atoms. The number of hydrogen-bond donors (Lipinski definition) is 2. The molecule has 1 aliphatic rings. The molecule has 33 heavy (non-hydrogen) atoms. The number of aliphatic hydroxyl groups excluding tert-OH is 1. The summed E-state index contributed by atoms with van der Waals surface area (Å²) in [6, 6.07) is 13.8. The molecule has 0 radical (unpaired) electrons. The lowest BCUT2D eigenvalue weighted by Gasteiger charge is -2.25. The number of ether oxygens (including phenoxy) is 1. The molecule has 1 unspecified atom stereocenters. The first-order valence-corrected chi connectivity index (χ1v) is 10.2. The summed E-state index contributed by atoms with van der Waals surface area (Å²) in [5, 5.41) is 21.1. The maximum atomic E-state index is 14.0. The highest BCUT2D eigenvalue weighted by molar-refractivity contribution is 6.51. The highest BCUT2D eigenvalue weighted by Gasteiger charge is 2.47. The van der Waals surface area contributed by atoms with Crippen molar-refractivity contribution >= 4 is 23.1 Å². The SMILES string of the molecule is COc1c(C)cc(C)cc1/C(O)=C1\C(=O)C(=O)N(c2cccc(F)c2)C1c1ccc(O)cc1. The van der Waals surface area contributed by atoms with E-state index in [1.54, 1.807) is 18.2 Å². The molecule has 3 aromatic rings. The number of anilines is 1. The summed E-state index contributed by atoms with van der Waals surface area (Å²) < 4.78 is 19.5. The van der Waals surface area contributed by atoms with Crippen molar-refractivity contribution in [3.05, 3.63) is 94.3 Å². The highest BCUT2D eigenvalue weighted by atomic mass is 19.1. The molecule has 1 aliphatic heterocycles. The summed E-state index contributed by atoms with van der Waals surface area (Å²) in [6.07, 6.45) is 0. The average molecular weight is 447 g/mol. The maximum absolute atomic E-state index is 14.0. The van der Waals surface area contributed by atoms with Gasteiger partial charge >= 0.3 is 0 Å². The molecule has 1 fully saturated rings. The first-order chi connectivity index (χ1) is 15.7. The van der Waals surface area contributed by atoms with Crippen LogP contribution in [0.15, 0.2) is 66.2 Å². The van der Waals surface area contributed by atoms with Crippen LogP contribution in [-0.4, -0.2) is 29.0 Å². The molecule has 0 aliphatic carbocycles. The number of aryl methyl sites for hydroxylation is 2. The van der Waals surface area contributed by atoms with Gasteiger partial charge in [-0.2, -0.15) is 0 Å². The van der Waals surface area contributed by atoms with E-state index >= 15 is 0 Å². The monoisotopic (exact) mass is 447 g/mol. The lowest BCUT2D eigenvalue weighted by molar-refractivity contribution is -0.132. The molecule has 0 saturated carbocycles. The van der Waals surface area contributed by atoms with Crippen LogP contribution in [0.3, 0.4) is 0 Å². The fourth-order valence-electron chi connectivity index (χ4n) is 4.24. The number of carbonyl (C=O) groups excluding carboxylic acids is 2. The molecular weight excluding hydrogens is 425 g/mol. The number of benzene rings is 3. The molecule has 1 saturated heterocycles. The maximum Gasteiger partial charge on any atom is 0.300 e. The Balaban J connectivity index is 2.01. The summed E-state index contributed by atoms with van der Waals surface area (Å²) in [5.74, 6) is -2.40. The van der Waals surface area contributed by atoms with Crippen LogP contribution >= 0.6 is 0 Å². The van der Waals surface area contributed by atoms with Gasteiger partial charge in [-0.25, -0.2) is 4.39 Å². The van der Waals surface area contributed by atoms with Crippen molar-refractivity contribution in [1.82, 2.24) is 0 Å². The molecule has 168 valence electrons. The van der Waals surface area contributed by atoms with Crippen molar-refractivity contribution in [2.45, 2.75) is 19.9 Å². The predicted octanol–water partition coefficient (Wildman–Crippen LogP) is 4.78. The fraction of sp³-hybridized carbons (Fsp3) is 0.154. The van der Waals surface area contributed by atoms with Gasteiger partial charge in [0.2, 0.25) is 0 Å². The number of Topliss-reactive ketones (excluding diaryl/α,β-unsaturated/α-hetero) is 1. The standard InChI is InChI=1S/C26H22FNO5/c1-14-11-15(2)25(33-3)20(12-14)23(30)21-22(16-7-9-19(29)10-8-16)28(26(32)24(21)31)18-6-4-5-17(27)13-18/h4-13,22,29-30H,1-3H3/b23-21+. The van der Waals surface area contributed by atoms with E-state index in [0.717, 1.165) is 22.1 Å². The number of methoxy groups -OCH3 is 1. The summed E-state index contributed by atoms with van der Waals surface area (Å²) in [7, 11) is 1.46. The van der Waals surface area contributed by atoms with Crippen LogP contribution in [0.5, 0.6) is 11.5 Å². The number of aliphatic hydroxyl groups is 1. The van der Waals surface area contributed by atoms with Crippen molar-refractivity contribution in [1.29, 1.82) is 0 Å². The van der Waals surface area contributed by atoms with E-state index in [9.17, 15) is 24.2 Å². The fourth-order valence-corrected chi connectivity index (χ4v) is 4.24. The van der Waals surface area contributed by atoms with E-state index in [-0.39, 0.29) is 22.6 Å². The van der Waals surface area contributed by atoms with Gasteiger partial charge in [-0.15, -0.1) is 0 Å². The Labute approximate surface area is 190 Å². The Morgan fingerprint density at radius 2 is 1.73 bits per heavy atom. The lowest BCUT2D eigenvalue weighted by Crippen LogP contribution is -2.29. The Morgan fingerprint density at radius 1 is 1.03 bits per heavy atom. The van der Waals surface area contributed by atoms with Crippen LogP contribution < -0.4 is 9.64 Å². The average Bonchev–Trinajstić information content (AvgIpc) is 3.04. The lowest BCUT2D eigenvalue weighted by atomic mass is 9.93. The van der Waals surface area contributed by atoms with Crippen LogP contribution in [0.4, 0.5) is 10.1 Å². The largest absolute Gasteiger partial charge is 0.508 e. The van der Waals surface area contributed by atoms with Crippen LogP contribution in [0.2, 0.25) is 0 Å². The Hall–Kier alpha value is -4.13. The second-order valence-electron chi connectivity index (χ2n) is 7.90. The van der Waals surface area contributed by atoms with E-state index in [4.69, 9.17) is 4.74 Å². The number of nitrogens with zero attached hydrogens (tertiary/aromatic N) is 1. The van der Waals surface area contributed by atoms with Gasteiger partial charge in [-0.05, 0) is 66.9 Å². The summed E-state index contributed by atoms with van der Waals surface area (Å²) in [4.78, 5) is 27.5. The predicted molar refractivity (Wildman–Crippen MR) is 122 cm³/mol. The molecule has 0 aromatic heterocycles. The van der Waals surface area contributed by atoms with Gasteiger partial charge in [0.15, 0.2) is 0 Å². The Morgan fingerprint density at radius 3 is 2.36 bits per heavy atom. The number of amides is 1. The zero-order valence-corrected chi connectivity index (χ0v) is 18.3. The number of carbonyl (C=O) groups is 2. The smallest absolute Gasteiger partial charge is 0.300 e. The van der Waals surface area contributed by atoms with Crippen LogP contribution in [0, 0.1) is 19.7 Å². The van der Waals surface area contributed by atoms with E-state index in [1.165, 1.54) is 37.4 Å². The minimum Gasteiger partial charge on any atom is -0.508 e. The number of aromatic hydroxyl groups is 1. The van der Waals surface area contributed by atoms with Crippen molar-refractivity contribution < 1.29 is 28.9 Å². The van der Waals surface area contributed by atoms with Gasteiger partial charge < -0.3 is 14.9 Å². The van der Waals surface area contributed by atoms with E-state index < -0.39 is 29.3 Å². The molecule has 0 bridgehead atoms. The van der Waals surface area contributed by atoms with Crippen molar-refractivity contribution in [2.75, 3.05) is 12.0 Å². The molecule has 6 nitrogen and oxygen atoms in total. The normalized spacial score (nSPS) is 17.5. The Bertz CT molecular complexity index is 1300. The number of phenols is 1. The third-order valence-corrected chi connectivity index (χ3v) is 5.62. The second kappa shape index (κ2) is 8.43. The number of phenolic OH excluding ortho intramolecular Hbond substituents is 1. The topological polar surface area (TPSA) is 87.1 Å². The zero-order chi connectivity index (χ0) is 23.9. The summed E-state index contributed by atoms with van der Waals surface area (Å²) in [5.41, 5.74) is 2.33. The second-order valence-corrected chi connectivity index (χ2v) is 7.90. The molecule has 3 aromatic carbocycles. The van der Waals surface area contributed by atoms with Crippen LogP contribution in [0.1, 0.15) is 28.3 Å². The molecule has 7 heteroatoms. The van der Waals surface area contributed by atoms with E-state index in [2.05, 4.69) is 0 Å². The molecule has 4 rings (SSSR count). The molecule has 1 amide bonds. The van der Waals surface area contributed by atoms with Crippen molar-refractivity contribution in [3.63, 3.8) is 0 Å². The quantitative estimate of drug-likeness (QED) is 0.341. The molecule has 1 atom stereocenters. The number of rotatable bonds is 4. The highest BCUT2D eigenvalue weighted by Crippen LogP contribution is 2.44. The number of hydrogen-bond acceptors (Lipinski definition) is 5. The van der Waals surface area contributed by atoms with Gasteiger partial charge in [0, 0.05) is 5.69 Å². The zero-order valence-electron chi connectivity index (χ0n) is 18.3. The van der Waals surface area contributed by atoms with Gasteiger partial charge in [0.1, 0.15) is 23.1 Å². The third-order valence-electron chi connectivity index (χ3n) is 5.62. The van der Waals surface area contributed by atoms with Crippen LogP contribution in [0.25, 0.3) is 5.76 Å². The summed E-state index contributed by atoms with van der Waals surface area (Å²) in [6.45, 7) is 3.65. The van der Waals surface area contributed by atoms with Gasteiger partial charge in [0.05, 0.1) is 24.3 Å². The third kappa shape index (κ3) is 3.82. The van der Waals surface area contributed by atoms with E-state index in [1.807, 2.05) is 19.9 Å². The first-order valence-electron chi connectivity index (χ1n) is 10.2. The van der Waals surface area contributed by atoms with Gasteiger partial charge in [-0.1, -0.05) is 24.3 Å². The van der Waals surface area contributed by atoms with Gasteiger partial charge in [0.25, 0.3) is 11.7 Å². The first kappa shape index (κ1) is 22.1. The van der Waals surface area contributed by atoms with E-state index in [0.29, 0.717) is 11.3 Å². The molecule has 2 N–H and O–H groups in total. The van der Waals surface area contributed by atoms with Gasteiger partial charge in [-0.3, -0.25) is 14.5 Å². The minimum absolute atomic E-state index is 0.00237. The molecular formula is C26H22FNO5. The van der Waals surface area contributed by atoms with Crippen LogP contribution in [-0.2, 0) is 9.59 Å². The molecule has 1 heterocycles. The van der Waals surface area contributed by atoms with Crippen molar-refractivity contribution in [3.8, 4) is 11.5 Å². The van der Waals surface area contributed by atoms with Crippen molar-refractivity contribution in [2.24, 2.45) is 0 Å². The number of ketones is 1. The minimum atomic E-state index is -1.04. The number of halogens is 1. The Kier molecular flexibility index (Phi) is 5.64. The summed E-state index contributed by atoms with van der Waals surface area (Å²) >= 11 is 0.